The Morgan fingerprint density at radius 1 is 1.16 bits per heavy atom. The van der Waals surface area contributed by atoms with E-state index < -0.39 is 0 Å². The third-order valence-electron chi connectivity index (χ3n) is 4.92. The SMILES string of the molecule is CC(C)c1ccccc1-n1nc(Cc2cccs2)c2c1NCCCC2. The van der Waals surface area contributed by atoms with Crippen LogP contribution < -0.4 is 5.32 Å². The molecule has 3 heterocycles. The topological polar surface area (TPSA) is 29.9 Å². The lowest BCUT2D eigenvalue weighted by atomic mass is 10.0. The van der Waals surface area contributed by atoms with Crippen molar-refractivity contribution in [1.29, 1.82) is 0 Å². The molecule has 3 nitrogen and oxygen atoms in total. The summed E-state index contributed by atoms with van der Waals surface area (Å²) in [6, 6.07) is 13.0. The van der Waals surface area contributed by atoms with Crippen LogP contribution in [0.4, 0.5) is 5.82 Å². The third kappa shape index (κ3) is 3.23. The maximum absolute atomic E-state index is 5.08. The van der Waals surface area contributed by atoms with E-state index in [4.69, 9.17) is 5.10 Å². The number of nitrogens with zero attached hydrogens (tertiary/aromatic N) is 2. The number of nitrogens with one attached hydrogen (secondary N) is 1. The van der Waals surface area contributed by atoms with Crippen LogP contribution in [0.1, 0.15) is 54.3 Å². The van der Waals surface area contributed by atoms with Crippen molar-refractivity contribution in [3.63, 3.8) is 0 Å². The van der Waals surface area contributed by atoms with Gasteiger partial charge in [0.1, 0.15) is 5.82 Å². The van der Waals surface area contributed by atoms with Gasteiger partial charge in [0.05, 0.1) is 11.4 Å². The highest BCUT2D eigenvalue weighted by Gasteiger charge is 2.22. The van der Waals surface area contributed by atoms with Crippen molar-refractivity contribution in [1.82, 2.24) is 9.78 Å². The number of anilines is 1. The number of benzene rings is 1. The summed E-state index contributed by atoms with van der Waals surface area (Å²) in [5, 5.41) is 10.9. The van der Waals surface area contributed by atoms with E-state index in [9.17, 15) is 0 Å². The zero-order chi connectivity index (χ0) is 17.2. The van der Waals surface area contributed by atoms with Crippen molar-refractivity contribution in [2.24, 2.45) is 0 Å². The Morgan fingerprint density at radius 2 is 2.04 bits per heavy atom. The minimum atomic E-state index is 0.475. The lowest BCUT2D eigenvalue weighted by Crippen LogP contribution is -2.09. The zero-order valence-electron chi connectivity index (χ0n) is 15.0. The first-order valence-electron chi connectivity index (χ1n) is 9.20. The molecule has 0 bridgehead atoms. The molecule has 3 aromatic rings. The van der Waals surface area contributed by atoms with Crippen molar-refractivity contribution >= 4 is 17.2 Å². The summed E-state index contributed by atoms with van der Waals surface area (Å²) in [6.07, 6.45) is 4.50. The second kappa shape index (κ2) is 7.04. The average Bonchev–Trinajstić information content (AvgIpc) is 3.17. The van der Waals surface area contributed by atoms with Crippen molar-refractivity contribution in [3.8, 4) is 5.69 Å². The molecule has 0 fully saturated rings. The van der Waals surface area contributed by atoms with Crippen LogP contribution in [-0.2, 0) is 12.8 Å². The Hall–Kier alpha value is -2.07. The van der Waals surface area contributed by atoms with Gasteiger partial charge in [-0.1, -0.05) is 38.1 Å². The zero-order valence-corrected chi connectivity index (χ0v) is 15.8. The van der Waals surface area contributed by atoms with Crippen LogP contribution in [0.2, 0.25) is 0 Å². The predicted octanol–water partition coefficient (Wildman–Crippen LogP) is 5.40. The first kappa shape index (κ1) is 16.4. The normalized spacial score (nSPS) is 14.2. The number of thiophene rings is 1. The van der Waals surface area contributed by atoms with Gasteiger partial charge in [-0.2, -0.15) is 5.10 Å². The van der Waals surface area contributed by atoms with Gasteiger partial charge in [-0.05, 0) is 48.3 Å². The molecule has 0 aliphatic carbocycles. The van der Waals surface area contributed by atoms with Crippen LogP contribution in [0.25, 0.3) is 5.69 Å². The Balaban J connectivity index is 1.84. The summed E-state index contributed by atoms with van der Waals surface area (Å²) in [6.45, 7) is 5.53. The first-order valence-corrected chi connectivity index (χ1v) is 10.1. The summed E-state index contributed by atoms with van der Waals surface area (Å²) in [7, 11) is 0. The molecule has 1 aliphatic heterocycles. The summed E-state index contributed by atoms with van der Waals surface area (Å²) < 4.78 is 2.17. The van der Waals surface area contributed by atoms with Crippen LogP contribution in [0.5, 0.6) is 0 Å². The van der Waals surface area contributed by atoms with E-state index in [0.717, 1.165) is 19.4 Å². The van der Waals surface area contributed by atoms with Crippen LogP contribution >= 0.6 is 11.3 Å². The largest absolute Gasteiger partial charge is 0.370 e. The van der Waals surface area contributed by atoms with Gasteiger partial charge in [0.25, 0.3) is 0 Å². The molecule has 25 heavy (non-hydrogen) atoms. The Labute approximate surface area is 153 Å². The van der Waals surface area contributed by atoms with E-state index in [-0.39, 0.29) is 0 Å². The van der Waals surface area contributed by atoms with Gasteiger partial charge >= 0.3 is 0 Å². The second-order valence-corrected chi connectivity index (χ2v) is 8.07. The van der Waals surface area contributed by atoms with Gasteiger partial charge in [0.2, 0.25) is 0 Å². The number of rotatable bonds is 4. The maximum Gasteiger partial charge on any atom is 0.133 e. The number of para-hydroxylation sites is 1. The smallest absolute Gasteiger partial charge is 0.133 e. The summed E-state index contributed by atoms with van der Waals surface area (Å²) in [4.78, 5) is 1.38. The molecule has 1 aromatic carbocycles. The van der Waals surface area contributed by atoms with Gasteiger partial charge < -0.3 is 5.32 Å². The number of aromatic nitrogens is 2. The van der Waals surface area contributed by atoms with Crippen molar-refractivity contribution in [2.45, 2.75) is 45.4 Å². The molecule has 0 spiro atoms. The lowest BCUT2D eigenvalue weighted by Gasteiger charge is -2.15. The standard InChI is InChI=1S/C21H25N3S/c1-15(2)17-9-3-4-11-20(17)24-21-18(10-5-6-12-22-21)19(23-24)14-16-8-7-13-25-16/h3-4,7-9,11,13,15,22H,5-6,10,12,14H2,1-2H3. The minimum absolute atomic E-state index is 0.475. The lowest BCUT2D eigenvalue weighted by molar-refractivity contribution is 0.762. The van der Waals surface area contributed by atoms with Crippen LogP contribution in [0.15, 0.2) is 41.8 Å². The van der Waals surface area contributed by atoms with Gasteiger partial charge in [-0.3, -0.25) is 0 Å². The van der Waals surface area contributed by atoms with E-state index in [1.165, 1.54) is 46.0 Å². The fraction of sp³-hybridized carbons (Fsp3) is 0.381. The monoisotopic (exact) mass is 351 g/mol. The summed E-state index contributed by atoms with van der Waals surface area (Å²) in [5.74, 6) is 1.68. The molecular weight excluding hydrogens is 326 g/mol. The third-order valence-corrected chi connectivity index (χ3v) is 5.80. The van der Waals surface area contributed by atoms with E-state index in [0.29, 0.717) is 5.92 Å². The predicted molar refractivity (Wildman–Crippen MR) is 106 cm³/mol. The Kier molecular flexibility index (Phi) is 4.62. The number of hydrogen-bond donors (Lipinski definition) is 1. The van der Waals surface area contributed by atoms with E-state index in [2.05, 4.69) is 65.6 Å². The fourth-order valence-electron chi connectivity index (χ4n) is 3.64. The molecule has 0 saturated carbocycles. The minimum Gasteiger partial charge on any atom is -0.370 e. The molecular formula is C21H25N3S. The maximum atomic E-state index is 5.08. The van der Waals surface area contributed by atoms with Crippen LogP contribution in [0.3, 0.4) is 0 Å². The van der Waals surface area contributed by atoms with Crippen molar-refractivity contribution in [2.75, 3.05) is 11.9 Å². The molecule has 0 unspecified atom stereocenters. The summed E-state index contributed by atoms with van der Waals surface area (Å²) in [5.41, 5.74) is 5.19. The van der Waals surface area contributed by atoms with Gasteiger partial charge in [-0.15, -0.1) is 11.3 Å². The van der Waals surface area contributed by atoms with Crippen molar-refractivity contribution in [3.05, 3.63) is 63.5 Å². The molecule has 0 radical (unpaired) electrons. The van der Waals surface area contributed by atoms with Crippen LogP contribution in [0, 0.1) is 0 Å². The average molecular weight is 352 g/mol. The van der Waals surface area contributed by atoms with Gasteiger partial charge in [0.15, 0.2) is 0 Å². The molecule has 1 N–H and O–H groups in total. The molecule has 4 heteroatoms. The number of fused-ring (bicyclic) bond motifs is 1. The van der Waals surface area contributed by atoms with E-state index in [1.54, 1.807) is 0 Å². The first-order chi connectivity index (χ1) is 12.2. The van der Waals surface area contributed by atoms with Crippen LogP contribution in [-0.4, -0.2) is 16.3 Å². The molecule has 0 atom stereocenters. The Morgan fingerprint density at radius 3 is 2.84 bits per heavy atom. The second-order valence-electron chi connectivity index (χ2n) is 7.04. The molecule has 1 aliphatic rings. The van der Waals surface area contributed by atoms with Crippen molar-refractivity contribution < 1.29 is 0 Å². The van der Waals surface area contributed by atoms with E-state index in [1.807, 2.05) is 11.3 Å². The highest BCUT2D eigenvalue weighted by molar-refractivity contribution is 7.09. The molecule has 0 amide bonds. The Bertz CT molecular complexity index is 846. The molecule has 4 rings (SSSR count). The summed E-state index contributed by atoms with van der Waals surface area (Å²) >= 11 is 1.82. The van der Waals surface area contributed by atoms with E-state index >= 15 is 0 Å². The molecule has 130 valence electrons. The number of hydrogen-bond acceptors (Lipinski definition) is 3. The molecule has 0 saturated heterocycles. The highest BCUT2D eigenvalue weighted by atomic mass is 32.1. The molecule has 2 aromatic heterocycles. The van der Waals surface area contributed by atoms with Gasteiger partial charge in [0, 0.05) is 23.4 Å². The van der Waals surface area contributed by atoms with Gasteiger partial charge in [-0.25, -0.2) is 4.68 Å². The quantitative estimate of drug-likeness (QED) is 0.682. The highest BCUT2D eigenvalue weighted by Crippen LogP contribution is 2.32. The fourth-order valence-corrected chi connectivity index (χ4v) is 4.35.